The second kappa shape index (κ2) is 4.00. The highest BCUT2D eigenvalue weighted by atomic mass is 16.2. The number of fused-ring (bicyclic) bond motifs is 1. The standard InChI is InChI=1S/C13H20N4O/c1-3-17-11-10(9(2)16-17)15-12(18)13(8-14-11)6-4-5-7-13/h14H,3-8H2,1-2H3,(H,15,18). The van der Waals surface area contributed by atoms with E-state index in [1.807, 2.05) is 11.6 Å². The molecule has 5 nitrogen and oxygen atoms in total. The van der Waals surface area contributed by atoms with Crippen molar-refractivity contribution < 1.29 is 4.79 Å². The molecule has 0 bridgehead atoms. The first-order valence-corrected chi connectivity index (χ1v) is 6.79. The topological polar surface area (TPSA) is 59.0 Å². The lowest BCUT2D eigenvalue weighted by atomic mass is 9.85. The maximum Gasteiger partial charge on any atom is 0.232 e. The van der Waals surface area contributed by atoms with Crippen molar-refractivity contribution in [3.8, 4) is 0 Å². The summed E-state index contributed by atoms with van der Waals surface area (Å²) in [6, 6.07) is 0. The molecule has 2 heterocycles. The molecule has 1 amide bonds. The van der Waals surface area contributed by atoms with Crippen LogP contribution in [0.3, 0.4) is 0 Å². The highest BCUT2D eigenvalue weighted by Crippen LogP contribution is 2.42. The van der Waals surface area contributed by atoms with Gasteiger partial charge in [-0.25, -0.2) is 4.68 Å². The molecule has 0 saturated heterocycles. The van der Waals surface area contributed by atoms with Gasteiger partial charge in [-0.2, -0.15) is 5.10 Å². The molecule has 3 rings (SSSR count). The number of carbonyl (C=O) groups is 1. The van der Waals surface area contributed by atoms with Crippen molar-refractivity contribution in [1.29, 1.82) is 0 Å². The predicted molar refractivity (Wildman–Crippen MR) is 70.7 cm³/mol. The van der Waals surface area contributed by atoms with Crippen molar-refractivity contribution in [2.45, 2.75) is 46.1 Å². The monoisotopic (exact) mass is 248 g/mol. The highest BCUT2D eigenvalue weighted by Gasteiger charge is 2.43. The van der Waals surface area contributed by atoms with Crippen molar-refractivity contribution in [2.24, 2.45) is 5.41 Å². The maximum atomic E-state index is 12.5. The van der Waals surface area contributed by atoms with Crippen LogP contribution in [0.1, 0.15) is 38.3 Å². The van der Waals surface area contributed by atoms with Gasteiger partial charge in [0.05, 0.1) is 11.1 Å². The molecule has 0 aromatic carbocycles. The van der Waals surface area contributed by atoms with E-state index in [1.54, 1.807) is 0 Å². The third-order valence-corrected chi connectivity index (χ3v) is 4.30. The quantitative estimate of drug-likeness (QED) is 0.800. The number of aryl methyl sites for hydroxylation is 2. The zero-order chi connectivity index (χ0) is 12.8. The maximum absolute atomic E-state index is 12.5. The molecule has 1 fully saturated rings. The zero-order valence-corrected chi connectivity index (χ0v) is 11.0. The zero-order valence-electron chi connectivity index (χ0n) is 11.0. The van der Waals surface area contributed by atoms with Crippen molar-refractivity contribution in [1.82, 2.24) is 9.78 Å². The van der Waals surface area contributed by atoms with Crippen LogP contribution in [0, 0.1) is 12.3 Å². The van der Waals surface area contributed by atoms with Gasteiger partial charge in [-0.3, -0.25) is 4.79 Å². The molecule has 1 aromatic heterocycles. The predicted octanol–water partition coefficient (Wildman–Crippen LogP) is 2.14. The molecule has 1 aliphatic heterocycles. The Morgan fingerprint density at radius 2 is 2.11 bits per heavy atom. The van der Waals surface area contributed by atoms with Crippen molar-refractivity contribution in [3.63, 3.8) is 0 Å². The van der Waals surface area contributed by atoms with E-state index < -0.39 is 0 Å². The lowest BCUT2D eigenvalue weighted by molar-refractivity contribution is -0.124. The number of hydrogen-bond donors (Lipinski definition) is 2. The fourth-order valence-corrected chi connectivity index (χ4v) is 3.17. The lowest BCUT2D eigenvalue weighted by Crippen LogP contribution is -2.37. The summed E-state index contributed by atoms with van der Waals surface area (Å²) in [5, 5.41) is 11.0. The molecule has 0 atom stereocenters. The van der Waals surface area contributed by atoms with E-state index in [-0.39, 0.29) is 11.3 Å². The largest absolute Gasteiger partial charge is 0.367 e. The van der Waals surface area contributed by atoms with Gasteiger partial charge in [0.25, 0.3) is 0 Å². The van der Waals surface area contributed by atoms with Crippen LogP contribution in [0.4, 0.5) is 11.5 Å². The van der Waals surface area contributed by atoms with Crippen LogP contribution in [0.5, 0.6) is 0 Å². The second-order valence-electron chi connectivity index (χ2n) is 5.42. The normalized spacial score (nSPS) is 21.3. The molecule has 18 heavy (non-hydrogen) atoms. The first-order chi connectivity index (χ1) is 8.66. The molecule has 1 spiro atoms. The van der Waals surface area contributed by atoms with Crippen LogP contribution in [-0.4, -0.2) is 22.2 Å². The second-order valence-corrected chi connectivity index (χ2v) is 5.42. The van der Waals surface area contributed by atoms with Crippen molar-refractivity contribution >= 4 is 17.4 Å². The summed E-state index contributed by atoms with van der Waals surface area (Å²) in [6.45, 7) is 5.55. The smallest absolute Gasteiger partial charge is 0.232 e. The first-order valence-electron chi connectivity index (χ1n) is 6.79. The fraction of sp³-hybridized carbons (Fsp3) is 0.692. The van der Waals surface area contributed by atoms with Gasteiger partial charge in [-0.15, -0.1) is 0 Å². The number of amides is 1. The molecule has 1 aliphatic carbocycles. The van der Waals surface area contributed by atoms with E-state index in [0.717, 1.165) is 56.0 Å². The number of hydrogen-bond acceptors (Lipinski definition) is 3. The summed E-state index contributed by atoms with van der Waals surface area (Å²) in [4.78, 5) is 12.5. The lowest BCUT2D eigenvalue weighted by Gasteiger charge is -2.25. The Kier molecular flexibility index (Phi) is 2.57. The average molecular weight is 248 g/mol. The first kappa shape index (κ1) is 11.6. The number of rotatable bonds is 1. The van der Waals surface area contributed by atoms with E-state index in [1.165, 1.54) is 0 Å². The summed E-state index contributed by atoms with van der Waals surface area (Å²) >= 11 is 0. The summed E-state index contributed by atoms with van der Waals surface area (Å²) in [6.07, 6.45) is 4.30. The molecule has 0 unspecified atom stereocenters. The van der Waals surface area contributed by atoms with E-state index in [4.69, 9.17) is 0 Å². The SMILES string of the molecule is CCn1nc(C)c2c1NCC1(CCCC1)C(=O)N2. The Hall–Kier alpha value is -1.52. The molecule has 5 heteroatoms. The summed E-state index contributed by atoms with van der Waals surface area (Å²) in [5.41, 5.74) is 1.55. The number of carbonyl (C=O) groups excluding carboxylic acids is 1. The Labute approximate surface area is 107 Å². The Morgan fingerprint density at radius 1 is 1.39 bits per heavy atom. The molecular formula is C13H20N4O. The van der Waals surface area contributed by atoms with Crippen molar-refractivity contribution in [3.05, 3.63) is 5.69 Å². The average Bonchev–Trinajstić information content (AvgIpc) is 2.90. The third-order valence-electron chi connectivity index (χ3n) is 4.30. The van der Waals surface area contributed by atoms with Gasteiger partial charge in [0.2, 0.25) is 5.91 Å². The summed E-state index contributed by atoms with van der Waals surface area (Å²) < 4.78 is 1.93. The van der Waals surface area contributed by atoms with Gasteiger partial charge in [0, 0.05) is 13.1 Å². The Morgan fingerprint density at radius 3 is 2.78 bits per heavy atom. The summed E-state index contributed by atoms with van der Waals surface area (Å²) in [5.74, 6) is 1.14. The molecule has 98 valence electrons. The summed E-state index contributed by atoms with van der Waals surface area (Å²) in [7, 11) is 0. The van der Waals surface area contributed by atoms with Gasteiger partial charge in [-0.1, -0.05) is 12.8 Å². The van der Waals surface area contributed by atoms with Gasteiger partial charge in [0.1, 0.15) is 11.5 Å². The van der Waals surface area contributed by atoms with Crippen LogP contribution < -0.4 is 10.6 Å². The number of nitrogens with zero attached hydrogens (tertiary/aromatic N) is 2. The highest BCUT2D eigenvalue weighted by molar-refractivity contribution is 6.00. The Balaban J connectivity index is 1.98. The minimum Gasteiger partial charge on any atom is -0.367 e. The van der Waals surface area contributed by atoms with Crippen LogP contribution >= 0.6 is 0 Å². The van der Waals surface area contributed by atoms with E-state index in [9.17, 15) is 4.79 Å². The fourth-order valence-electron chi connectivity index (χ4n) is 3.17. The van der Waals surface area contributed by atoms with Crippen LogP contribution in [0.15, 0.2) is 0 Å². The minimum atomic E-state index is -0.204. The molecule has 2 aliphatic rings. The van der Waals surface area contributed by atoms with Gasteiger partial charge >= 0.3 is 0 Å². The van der Waals surface area contributed by atoms with E-state index in [2.05, 4.69) is 22.7 Å². The van der Waals surface area contributed by atoms with Crippen molar-refractivity contribution in [2.75, 3.05) is 17.2 Å². The molecule has 1 saturated carbocycles. The number of aromatic nitrogens is 2. The van der Waals surface area contributed by atoms with Crippen LogP contribution in [0.25, 0.3) is 0 Å². The molecular weight excluding hydrogens is 228 g/mol. The van der Waals surface area contributed by atoms with Gasteiger partial charge < -0.3 is 10.6 Å². The Bertz CT molecular complexity index is 485. The number of nitrogens with one attached hydrogen (secondary N) is 2. The minimum absolute atomic E-state index is 0.171. The molecule has 0 radical (unpaired) electrons. The van der Waals surface area contributed by atoms with E-state index >= 15 is 0 Å². The van der Waals surface area contributed by atoms with E-state index in [0.29, 0.717) is 0 Å². The van der Waals surface area contributed by atoms with Crippen LogP contribution in [0.2, 0.25) is 0 Å². The van der Waals surface area contributed by atoms with Crippen LogP contribution in [-0.2, 0) is 11.3 Å². The molecule has 1 aromatic rings. The number of anilines is 2. The van der Waals surface area contributed by atoms with Gasteiger partial charge in [-0.05, 0) is 26.7 Å². The third kappa shape index (κ3) is 1.53. The van der Waals surface area contributed by atoms with Gasteiger partial charge in [0.15, 0.2) is 0 Å². The molecule has 2 N–H and O–H groups in total.